The lowest BCUT2D eigenvalue weighted by atomic mass is 10.2. The number of carbonyl (C=O) groups excluding carboxylic acids is 1. The van der Waals surface area contributed by atoms with Gasteiger partial charge in [0.1, 0.15) is 10.7 Å². The summed E-state index contributed by atoms with van der Waals surface area (Å²) >= 11 is 0.927. The molecule has 0 saturated carbocycles. The van der Waals surface area contributed by atoms with Gasteiger partial charge in [-0.2, -0.15) is 13.2 Å². The van der Waals surface area contributed by atoms with Gasteiger partial charge in [0, 0.05) is 32.4 Å². The quantitative estimate of drug-likeness (QED) is 0.858. The molecule has 10 heteroatoms. The molecule has 2 aromatic heterocycles. The molecule has 3 rings (SSSR count). The van der Waals surface area contributed by atoms with Crippen LogP contribution in [0.4, 0.5) is 19.0 Å². The van der Waals surface area contributed by atoms with Gasteiger partial charge in [0.2, 0.25) is 0 Å². The Morgan fingerprint density at radius 2 is 1.78 bits per heavy atom. The molecule has 1 saturated heterocycles. The third kappa shape index (κ3) is 4.38. The highest BCUT2D eigenvalue weighted by molar-refractivity contribution is 7.15. The average Bonchev–Trinajstić information content (AvgIpc) is 2.99. The first-order valence-electron chi connectivity index (χ1n) is 8.16. The van der Waals surface area contributed by atoms with E-state index in [2.05, 4.69) is 4.98 Å². The van der Waals surface area contributed by atoms with Crippen LogP contribution < -0.4 is 4.90 Å². The number of rotatable bonds is 3. The molecule has 3 heterocycles. The minimum absolute atomic E-state index is 0.101. The van der Waals surface area contributed by atoms with Crippen LogP contribution in [0.3, 0.4) is 0 Å². The minimum atomic E-state index is -4.43. The summed E-state index contributed by atoms with van der Waals surface area (Å²) < 4.78 is 37.9. The summed E-state index contributed by atoms with van der Waals surface area (Å²) in [5, 5.41) is 8.97. The van der Waals surface area contributed by atoms with Gasteiger partial charge in [-0.3, -0.25) is 4.79 Å². The lowest BCUT2D eigenvalue weighted by Crippen LogP contribution is -2.35. The predicted molar refractivity (Wildman–Crippen MR) is 93.3 cm³/mol. The summed E-state index contributed by atoms with van der Waals surface area (Å²) in [4.78, 5) is 31.3. The molecule has 0 unspecified atom stereocenters. The number of alkyl halides is 3. The third-order valence-corrected chi connectivity index (χ3v) is 5.27. The summed E-state index contributed by atoms with van der Waals surface area (Å²) in [5.41, 5.74) is -0.801. The van der Waals surface area contributed by atoms with Gasteiger partial charge in [-0.05, 0) is 30.7 Å². The number of nitrogens with zero attached hydrogens (tertiary/aromatic N) is 3. The van der Waals surface area contributed by atoms with E-state index in [1.807, 2.05) is 4.90 Å². The molecular formula is C17H16F3N3O3S. The van der Waals surface area contributed by atoms with Crippen LogP contribution in [-0.4, -0.2) is 53.0 Å². The van der Waals surface area contributed by atoms with E-state index >= 15 is 0 Å². The summed E-state index contributed by atoms with van der Waals surface area (Å²) in [5.74, 6) is -0.884. The van der Waals surface area contributed by atoms with Crippen LogP contribution in [-0.2, 0) is 6.18 Å². The zero-order valence-electron chi connectivity index (χ0n) is 14.1. The van der Waals surface area contributed by atoms with Crippen molar-refractivity contribution < 1.29 is 27.9 Å². The van der Waals surface area contributed by atoms with Crippen LogP contribution in [0.15, 0.2) is 30.5 Å². The smallest absolute Gasteiger partial charge is 0.417 e. The summed E-state index contributed by atoms with van der Waals surface area (Å²) in [6.07, 6.45) is -2.99. The van der Waals surface area contributed by atoms with Gasteiger partial charge in [-0.1, -0.05) is 0 Å². The molecule has 27 heavy (non-hydrogen) atoms. The molecule has 6 nitrogen and oxygen atoms in total. The van der Waals surface area contributed by atoms with Crippen molar-refractivity contribution in [1.82, 2.24) is 9.88 Å². The third-order valence-electron chi connectivity index (χ3n) is 4.21. The second-order valence-corrected chi connectivity index (χ2v) is 7.09. The highest BCUT2D eigenvalue weighted by Crippen LogP contribution is 2.29. The molecule has 0 bridgehead atoms. The first-order chi connectivity index (χ1) is 12.8. The fourth-order valence-corrected chi connectivity index (χ4v) is 3.63. The molecule has 0 aromatic carbocycles. The van der Waals surface area contributed by atoms with Crippen molar-refractivity contribution in [3.8, 4) is 0 Å². The number of carbonyl (C=O) groups is 2. The van der Waals surface area contributed by atoms with Gasteiger partial charge in [-0.15, -0.1) is 11.3 Å². The van der Waals surface area contributed by atoms with E-state index in [-0.39, 0.29) is 10.8 Å². The van der Waals surface area contributed by atoms with E-state index in [1.165, 1.54) is 18.2 Å². The number of hydrogen-bond donors (Lipinski definition) is 1. The lowest BCUT2D eigenvalue weighted by molar-refractivity contribution is -0.137. The number of aromatic carboxylic acids is 1. The van der Waals surface area contributed by atoms with Crippen molar-refractivity contribution >= 4 is 29.0 Å². The van der Waals surface area contributed by atoms with Crippen molar-refractivity contribution in [3.63, 3.8) is 0 Å². The number of anilines is 1. The Hall–Kier alpha value is -2.62. The Morgan fingerprint density at radius 3 is 2.37 bits per heavy atom. The van der Waals surface area contributed by atoms with Crippen LogP contribution in [0.2, 0.25) is 0 Å². The number of hydrogen-bond acceptors (Lipinski definition) is 5. The van der Waals surface area contributed by atoms with E-state index in [0.717, 1.165) is 23.6 Å². The second kappa shape index (κ2) is 7.55. The Kier molecular flexibility index (Phi) is 5.36. The van der Waals surface area contributed by atoms with Gasteiger partial charge >= 0.3 is 12.1 Å². The maximum atomic E-state index is 12.6. The van der Waals surface area contributed by atoms with Gasteiger partial charge < -0.3 is 14.9 Å². The maximum Gasteiger partial charge on any atom is 0.417 e. The fraction of sp³-hybridized carbons (Fsp3) is 0.353. The monoisotopic (exact) mass is 399 g/mol. The molecule has 1 aliphatic rings. The number of thiophene rings is 1. The SMILES string of the molecule is O=C(O)c1ccc(C(=O)N2CCCN(c3ccc(C(F)(F)F)cn3)CC2)s1. The van der Waals surface area contributed by atoms with E-state index in [4.69, 9.17) is 5.11 Å². The summed E-state index contributed by atoms with van der Waals surface area (Å²) in [7, 11) is 0. The number of pyridine rings is 1. The van der Waals surface area contributed by atoms with Crippen LogP contribution in [0.5, 0.6) is 0 Å². The topological polar surface area (TPSA) is 73.7 Å². The molecule has 2 aromatic rings. The van der Waals surface area contributed by atoms with Gasteiger partial charge in [-0.25, -0.2) is 9.78 Å². The van der Waals surface area contributed by atoms with Crippen molar-refractivity contribution in [1.29, 1.82) is 0 Å². The second-order valence-electron chi connectivity index (χ2n) is 6.00. The zero-order chi connectivity index (χ0) is 19.6. The molecule has 144 valence electrons. The Morgan fingerprint density at radius 1 is 1.04 bits per heavy atom. The number of carboxylic acid groups (broad SMARTS) is 1. The minimum Gasteiger partial charge on any atom is -0.477 e. The van der Waals surface area contributed by atoms with Crippen molar-refractivity contribution in [2.45, 2.75) is 12.6 Å². The van der Waals surface area contributed by atoms with Crippen LogP contribution in [0.1, 0.15) is 31.3 Å². The molecule has 0 aliphatic carbocycles. The molecule has 0 spiro atoms. The molecule has 0 radical (unpaired) electrons. The average molecular weight is 399 g/mol. The largest absolute Gasteiger partial charge is 0.477 e. The van der Waals surface area contributed by atoms with Crippen molar-refractivity contribution in [3.05, 3.63) is 45.8 Å². The highest BCUT2D eigenvalue weighted by Gasteiger charge is 2.31. The van der Waals surface area contributed by atoms with E-state index in [1.54, 1.807) is 4.90 Å². The predicted octanol–water partition coefficient (Wildman–Crippen LogP) is 3.21. The molecule has 1 aliphatic heterocycles. The first-order valence-corrected chi connectivity index (χ1v) is 8.98. The number of carboxylic acids is 1. The fourth-order valence-electron chi connectivity index (χ4n) is 2.81. The van der Waals surface area contributed by atoms with E-state index < -0.39 is 17.7 Å². The normalized spacial score (nSPS) is 15.5. The molecule has 1 fully saturated rings. The Bertz CT molecular complexity index is 836. The standard InChI is InChI=1S/C17H16F3N3O3S/c18-17(19,20)11-2-5-14(21-10-11)22-6-1-7-23(9-8-22)15(24)12-3-4-13(27-12)16(25)26/h2-5,10H,1,6-9H2,(H,25,26). The van der Waals surface area contributed by atoms with E-state index in [0.29, 0.717) is 43.3 Å². The number of amides is 1. The van der Waals surface area contributed by atoms with Crippen LogP contribution in [0.25, 0.3) is 0 Å². The van der Waals surface area contributed by atoms with Crippen LogP contribution in [0, 0.1) is 0 Å². The molecule has 1 N–H and O–H groups in total. The Balaban J connectivity index is 1.66. The van der Waals surface area contributed by atoms with Gasteiger partial charge in [0.05, 0.1) is 10.4 Å². The molecule has 0 atom stereocenters. The maximum absolute atomic E-state index is 12.6. The highest BCUT2D eigenvalue weighted by atomic mass is 32.1. The van der Waals surface area contributed by atoms with E-state index in [9.17, 15) is 22.8 Å². The summed E-state index contributed by atoms with van der Waals surface area (Å²) in [6, 6.07) is 5.22. The molecule has 1 amide bonds. The number of aromatic nitrogens is 1. The molecular weight excluding hydrogens is 383 g/mol. The van der Waals surface area contributed by atoms with Gasteiger partial charge in [0.25, 0.3) is 5.91 Å². The van der Waals surface area contributed by atoms with Crippen LogP contribution >= 0.6 is 11.3 Å². The Labute approximate surface area is 156 Å². The first kappa shape index (κ1) is 19.2. The number of halogens is 3. The van der Waals surface area contributed by atoms with Crippen molar-refractivity contribution in [2.75, 3.05) is 31.1 Å². The van der Waals surface area contributed by atoms with Crippen molar-refractivity contribution in [2.24, 2.45) is 0 Å². The zero-order valence-corrected chi connectivity index (χ0v) is 14.9. The van der Waals surface area contributed by atoms with Gasteiger partial charge in [0.15, 0.2) is 0 Å². The summed E-state index contributed by atoms with van der Waals surface area (Å²) in [6.45, 7) is 1.85. The lowest BCUT2D eigenvalue weighted by Gasteiger charge is -2.23.